The third-order valence-electron chi connectivity index (χ3n) is 15.2. The highest BCUT2D eigenvalue weighted by atomic mass is 32.2. The van der Waals surface area contributed by atoms with E-state index in [0.717, 1.165) is 86.5 Å². The van der Waals surface area contributed by atoms with Crippen LogP contribution in [0.4, 0.5) is 0 Å². The Morgan fingerprint density at radius 2 is 0.864 bits per heavy atom. The van der Waals surface area contributed by atoms with Gasteiger partial charge in [-0.25, -0.2) is 10.3 Å². The second-order valence-corrected chi connectivity index (χ2v) is 21.8. The van der Waals surface area contributed by atoms with Gasteiger partial charge in [0.1, 0.15) is 0 Å². The number of nitrogens with two attached hydrogens (primary N) is 2. The summed E-state index contributed by atoms with van der Waals surface area (Å²) in [7, 11) is -7.57. The number of fused-ring (bicyclic) bond motifs is 2. The standard InChI is InChI=1S/2C28H36N2O2S/c2*1-3-4-5-8-17-24-20-25-26(30-33(29,31)32)18-19-28(25,21(2)22-13-9-6-10-14-22)27(24)23-15-11-7-12-16-23/h2*6-7,9-16,25-26,30H,2-5,8,17-20H2,1H3,(H2,29,31,32)/t25?,26-,28+;25?,26-,28-/m10/s1. The minimum Gasteiger partial charge on any atom is -0.216 e. The Kier molecular flexibility index (Phi) is 16.3. The van der Waals surface area contributed by atoms with E-state index >= 15 is 0 Å². The summed E-state index contributed by atoms with van der Waals surface area (Å²) in [6, 6.07) is 41.6. The van der Waals surface area contributed by atoms with E-state index in [4.69, 9.17) is 10.3 Å². The molecule has 0 aromatic heterocycles. The number of hydrogen-bond acceptors (Lipinski definition) is 4. The molecule has 0 saturated heterocycles. The summed E-state index contributed by atoms with van der Waals surface area (Å²) in [6.07, 6.45) is 16.8. The Morgan fingerprint density at radius 1 is 0.530 bits per heavy atom. The van der Waals surface area contributed by atoms with Gasteiger partial charge in [-0.05, 0) is 121 Å². The fourth-order valence-electron chi connectivity index (χ4n) is 12.5. The Balaban J connectivity index is 0.000000196. The lowest BCUT2D eigenvalue weighted by atomic mass is 9.66. The van der Waals surface area contributed by atoms with Crippen molar-refractivity contribution in [3.05, 3.63) is 168 Å². The molecular formula is C56H72N4O4S2. The van der Waals surface area contributed by atoms with Crippen molar-refractivity contribution in [3.63, 3.8) is 0 Å². The van der Waals surface area contributed by atoms with Gasteiger partial charge in [-0.1, -0.05) is 198 Å². The molecule has 0 radical (unpaired) electrons. The quantitative estimate of drug-likeness (QED) is 0.0654. The summed E-state index contributed by atoms with van der Waals surface area (Å²) < 4.78 is 53.7. The van der Waals surface area contributed by atoms with Crippen molar-refractivity contribution >= 4 is 42.7 Å². The van der Waals surface area contributed by atoms with Gasteiger partial charge in [0, 0.05) is 22.9 Å². The average Bonchev–Trinajstić information content (AvgIpc) is 4.04. The zero-order chi connectivity index (χ0) is 47.0. The summed E-state index contributed by atoms with van der Waals surface area (Å²) >= 11 is 0. The minimum absolute atomic E-state index is 0.111. The summed E-state index contributed by atoms with van der Waals surface area (Å²) in [4.78, 5) is 0. The van der Waals surface area contributed by atoms with Crippen LogP contribution < -0.4 is 19.7 Å². The first-order chi connectivity index (χ1) is 31.7. The van der Waals surface area contributed by atoms with Crippen molar-refractivity contribution in [2.24, 2.45) is 32.9 Å². The smallest absolute Gasteiger partial charge is 0.216 e. The molecule has 10 heteroatoms. The molecule has 66 heavy (non-hydrogen) atoms. The first-order valence-electron chi connectivity index (χ1n) is 24.4. The Hall–Kier alpha value is -4.42. The molecule has 8 nitrogen and oxygen atoms in total. The molecule has 2 saturated carbocycles. The first-order valence-corrected chi connectivity index (χ1v) is 27.5. The van der Waals surface area contributed by atoms with Gasteiger partial charge >= 0.3 is 0 Å². The van der Waals surface area contributed by atoms with Gasteiger partial charge in [-0.3, -0.25) is 0 Å². The SMILES string of the molecule is C=C(c1ccccc1)[C@@]12CC[C@@H](NS(N)(=O)=O)C1CC(CCCCCC)=C2c1ccccc1.C=C(c1ccccc1)[C@@]12CC[C@H](NS(N)(=O)=O)C1CC(CCCCCC)=C2c1ccccc1. The molecule has 0 aliphatic heterocycles. The van der Waals surface area contributed by atoms with Crippen LogP contribution in [0.2, 0.25) is 0 Å². The lowest BCUT2D eigenvalue weighted by molar-refractivity contribution is 0.361. The lowest BCUT2D eigenvalue weighted by Gasteiger charge is -2.37. The van der Waals surface area contributed by atoms with Gasteiger partial charge in [0.15, 0.2) is 0 Å². The molecule has 0 bridgehead atoms. The van der Waals surface area contributed by atoms with Gasteiger partial charge in [0.25, 0.3) is 20.4 Å². The van der Waals surface area contributed by atoms with Crippen molar-refractivity contribution < 1.29 is 16.8 Å². The van der Waals surface area contributed by atoms with Gasteiger partial charge in [0.05, 0.1) is 0 Å². The maximum absolute atomic E-state index is 12.0. The van der Waals surface area contributed by atoms with Gasteiger partial charge in [-0.15, -0.1) is 0 Å². The van der Waals surface area contributed by atoms with Crippen molar-refractivity contribution in [2.45, 2.75) is 129 Å². The number of allylic oxidation sites excluding steroid dienone is 6. The number of benzene rings is 4. The van der Waals surface area contributed by atoms with Crippen molar-refractivity contribution in [3.8, 4) is 0 Å². The van der Waals surface area contributed by atoms with E-state index in [1.165, 1.54) is 71.9 Å². The van der Waals surface area contributed by atoms with Crippen LogP contribution in [0.1, 0.15) is 139 Å². The van der Waals surface area contributed by atoms with Gasteiger partial charge < -0.3 is 0 Å². The van der Waals surface area contributed by atoms with E-state index in [1.807, 2.05) is 36.4 Å². The van der Waals surface area contributed by atoms with Crippen LogP contribution in [-0.2, 0) is 20.4 Å². The molecule has 4 aliphatic rings. The van der Waals surface area contributed by atoms with Crippen LogP contribution in [0.15, 0.2) is 146 Å². The van der Waals surface area contributed by atoms with Crippen molar-refractivity contribution in [2.75, 3.05) is 0 Å². The second-order valence-electron chi connectivity index (χ2n) is 19.2. The van der Waals surface area contributed by atoms with Crippen molar-refractivity contribution in [1.82, 2.24) is 9.44 Å². The highest BCUT2D eigenvalue weighted by Crippen LogP contribution is 2.67. The molecule has 2 unspecified atom stereocenters. The van der Waals surface area contributed by atoms with E-state index in [1.54, 1.807) is 0 Å². The lowest BCUT2D eigenvalue weighted by Crippen LogP contribution is -2.43. The van der Waals surface area contributed by atoms with Crippen LogP contribution in [-0.4, -0.2) is 28.9 Å². The second kappa shape index (κ2) is 21.7. The number of nitrogens with one attached hydrogen (secondary N) is 2. The number of hydrogen-bond donors (Lipinski definition) is 4. The van der Waals surface area contributed by atoms with Crippen LogP contribution in [0.5, 0.6) is 0 Å². The van der Waals surface area contributed by atoms with E-state index in [9.17, 15) is 16.8 Å². The predicted molar refractivity (Wildman–Crippen MR) is 275 cm³/mol. The zero-order valence-electron chi connectivity index (χ0n) is 39.2. The Labute approximate surface area is 396 Å². The molecule has 0 spiro atoms. The number of unbranched alkanes of at least 4 members (excludes halogenated alkanes) is 6. The molecule has 4 aromatic rings. The van der Waals surface area contributed by atoms with E-state index in [2.05, 4.69) is 121 Å². The van der Waals surface area contributed by atoms with Gasteiger partial charge in [-0.2, -0.15) is 26.3 Å². The third-order valence-corrected chi connectivity index (χ3v) is 16.5. The average molecular weight is 929 g/mol. The molecule has 352 valence electrons. The molecule has 6 N–H and O–H groups in total. The summed E-state index contributed by atoms with van der Waals surface area (Å²) in [5.41, 5.74) is 12.0. The number of rotatable bonds is 20. The van der Waals surface area contributed by atoms with E-state index in [0.29, 0.717) is 0 Å². The fourth-order valence-corrected chi connectivity index (χ4v) is 13.9. The normalized spacial score (nSPS) is 24.8. The summed E-state index contributed by atoms with van der Waals surface area (Å²) in [6.45, 7) is 13.8. The van der Waals surface area contributed by atoms with E-state index in [-0.39, 0.29) is 34.7 Å². The monoisotopic (exact) mass is 928 g/mol. The van der Waals surface area contributed by atoms with Crippen LogP contribution >= 0.6 is 0 Å². The third kappa shape index (κ3) is 10.8. The zero-order valence-corrected chi connectivity index (χ0v) is 40.8. The predicted octanol–water partition coefficient (Wildman–Crippen LogP) is 12.2. The summed E-state index contributed by atoms with van der Waals surface area (Å²) in [5, 5.41) is 10.9. The molecular weight excluding hydrogens is 857 g/mol. The van der Waals surface area contributed by atoms with Crippen LogP contribution in [0, 0.1) is 22.7 Å². The minimum atomic E-state index is -3.79. The van der Waals surface area contributed by atoms with E-state index < -0.39 is 20.4 Å². The first kappa shape index (κ1) is 49.5. The molecule has 4 aromatic carbocycles. The molecule has 2 fully saturated rings. The Morgan fingerprint density at radius 3 is 1.18 bits per heavy atom. The fraction of sp³-hybridized carbons (Fsp3) is 0.429. The molecule has 0 amide bonds. The van der Waals surface area contributed by atoms with Crippen LogP contribution in [0.3, 0.4) is 0 Å². The highest BCUT2D eigenvalue weighted by molar-refractivity contribution is 7.87. The maximum Gasteiger partial charge on any atom is 0.274 e. The Bertz CT molecular complexity index is 2400. The molecule has 4 aliphatic carbocycles. The largest absolute Gasteiger partial charge is 0.274 e. The maximum atomic E-state index is 12.0. The molecule has 0 heterocycles. The van der Waals surface area contributed by atoms with Crippen LogP contribution in [0.25, 0.3) is 22.3 Å². The van der Waals surface area contributed by atoms with Crippen molar-refractivity contribution in [1.29, 1.82) is 0 Å². The molecule has 8 rings (SSSR count). The summed E-state index contributed by atoms with van der Waals surface area (Å²) in [5.74, 6) is 0.222. The topological polar surface area (TPSA) is 144 Å². The van der Waals surface area contributed by atoms with Gasteiger partial charge in [0.2, 0.25) is 0 Å². The highest BCUT2D eigenvalue weighted by Gasteiger charge is 2.59. The molecule has 6 atom stereocenters.